The number of nitrogens with one attached hydrogen (secondary N) is 1. The van der Waals surface area contributed by atoms with Crippen molar-refractivity contribution < 1.29 is 4.74 Å². The molecule has 0 amide bonds. The van der Waals surface area contributed by atoms with Crippen LogP contribution in [-0.2, 0) is 11.3 Å². The lowest BCUT2D eigenvalue weighted by Gasteiger charge is -2.22. The molecule has 1 fully saturated rings. The zero-order valence-corrected chi connectivity index (χ0v) is 8.94. The Morgan fingerprint density at radius 2 is 2.27 bits per heavy atom. The van der Waals surface area contributed by atoms with E-state index in [4.69, 9.17) is 4.74 Å². The van der Waals surface area contributed by atoms with Crippen LogP contribution in [0.15, 0.2) is 0 Å². The zero-order chi connectivity index (χ0) is 10.3. The fourth-order valence-corrected chi connectivity index (χ4v) is 2.40. The van der Waals surface area contributed by atoms with Gasteiger partial charge >= 0.3 is 0 Å². The van der Waals surface area contributed by atoms with E-state index in [9.17, 15) is 0 Å². The number of aromatic nitrogens is 3. The maximum Gasteiger partial charge on any atom is 0.149 e. The molecule has 0 aromatic carbocycles. The van der Waals surface area contributed by atoms with Crippen LogP contribution in [0, 0.1) is 0 Å². The Labute approximate surface area is 88.8 Å². The Morgan fingerprint density at radius 1 is 1.40 bits per heavy atom. The molecule has 5 heteroatoms. The highest BCUT2D eigenvalue weighted by Crippen LogP contribution is 2.26. The normalized spacial score (nSPS) is 30.5. The third kappa shape index (κ3) is 1.46. The van der Waals surface area contributed by atoms with Crippen molar-refractivity contribution in [2.45, 2.75) is 31.8 Å². The average Bonchev–Trinajstić information content (AvgIpc) is 2.85. The molecule has 1 saturated heterocycles. The van der Waals surface area contributed by atoms with Gasteiger partial charge in [0.15, 0.2) is 0 Å². The summed E-state index contributed by atoms with van der Waals surface area (Å²) < 4.78 is 7.67. The summed E-state index contributed by atoms with van der Waals surface area (Å²) in [5.74, 6) is 2.65. The molecule has 3 rings (SSSR count). The number of ether oxygens (including phenoxy) is 1. The Balaban J connectivity index is 1.95. The van der Waals surface area contributed by atoms with Crippen LogP contribution in [0.2, 0.25) is 0 Å². The summed E-state index contributed by atoms with van der Waals surface area (Å²) in [6, 6.07) is 0.322. The quantitative estimate of drug-likeness (QED) is 0.728. The molecule has 1 aromatic heterocycles. The van der Waals surface area contributed by atoms with Crippen molar-refractivity contribution in [3.05, 3.63) is 11.6 Å². The van der Waals surface area contributed by atoms with Gasteiger partial charge in [-0.15, -0.1) is 10.2 Å². The fourth-order valence-electron chi connectivity index (χ4n) is 2.40. The van der Waals surface area contributed by atoms with Crippen LogP contribution in [0.5, 0.6) is 0 Å². The standard InChI is InChI=1S/C10H16N4O/c1-7-9-12-13-10(8-2-5-15-6-8)14(9)4-3-11-7/h7-8,11H,2-6H2,1H3. The van der Waals surface area contributed by atoms with E-state index in [1.165, 1.54) is 0 Å². The number of hydrogen-bond donors (Lipinski definition) is 1. The molecule has 2 atom stereocenters. The molecular weight excluding hydrogens is 192 g/mol. The molecular formula is C10H16N4O. The number of rotatable bonds is 1. The van der Waals surface area contributed by atoms with Crippen molar-refractivity contribution in [2.24, 2.45) is 0 Å². The van der Waals surface area contributed by atoms with Gasteiger partial charge in [-0.1, -0.05) is 0 Å². The molecule has 3 heterocycles. The summed E-state index contributed by atoms with van der Waals surface area (Å²) in [6.45, 7) is 5.79. The van der Waals surface area contributed by atoms with E-state index in [0.717, 1.165) is 44.4 Å². The minimum Gasteiger partial charge on any atom is -0.381 e. The summed E-state index contributed by atoms with van der Waals surface area (Å²) >= 11 is 0. The van der Waals surface area contributed by atoms with Crippen LogP contribution in [-0.4, -0.2) is 34.5 Å². The van der Waals surface area contributed by atoms with Gasteiger partial charge in [0, 0.05) is 25.6 Å². The lowest BCUT2D eigenvalue weighted by molar-refractivity contribution is 0.192. The van der Waals surface area contributed by atoms with Gasteiger partial charge in [0.25, 0.3) is 0 Å². The second-order valence-electron chi connectivity index (χ2n) is 4.30. The Kier molecular flexibility index (Phi) is 2.21. The van der Waals surface area contributed by atoms with Gasteiger partial charge in [-0.25, -0.2) is 0 Å². The van der Waals surface area contributed by atoms with Crippen molar-refractivity contribution in [1.29, 1.82) is 0 Å². The Hall–Kier alpha value is -0.940. The van der Waals surface area contributed by atoms with Crippen molar-refractivity contribution in [2.75, 3.05) is 19.8 Å². The van der Waals surface area contributed by atoms with Crippen molar-refractivity contribution >= 4 is 0 Å². The fraction of sp³-hybridized carbons (Fsp3) is 0.800. The maximum atomic E-state index is 5.40. The number of nitrogens with zero attached hydrogens (tertiary/aromatic N) is 3. The molecule has 2 aliphatic rings. The average molecular weight is 208 g/mol. The summed E-state index contributed by atoms with van der Waals surface area (Å²) in [5, 5.41) is 12.0. The second kappa shape index (κ2) is 3.57. The molecule has 1 aromatic rings. The maximum absolute atomic E-state index is 5.40. The number of fused-ring (bicyclic) bond motifs is 1. The van der Waals surface area contributed by atoms with Gasteiger partial charge in [-0.3, -0.25) is 0 Å². The highest BCUT2D eigenvalue weighted by molar-refractivity contribution is 5.08. The number of hydrogen-bond acceptors (Lipinski definition) is 4. The van der Waals surface area contributed by atoms with Crippen LogP contribution in [0.3, 0.4) is 0 Å². The lowest BCUT2D eigenvalue weighted by atomic mass is 10.1. The molecule has 0 bridgehead atoms. The largest absolute Gasteiger partial charge is 0.381 e. The van der Waals surface area contributed by atoms with Crippen LogP contribution in [0.1, 0.15) is 37.0 Å². The Bertz CT molecular complexity index is 356. The van der Waals surface area contributed by atoms with Crippen LogP contribution >= 0.6 is 0 Å². The molecule has 0 aliphatic carbocycles. The predicted molar refractivity (Wildman–Crippen MR) is 54.6 cm³/mol. The summed E-state index contributed by atoms with van der Waals surface area (Å²) in [7, 11) is 0. The molecule has 0 saturated carbocycles. The monoisotopic (exact) mass is 208 g/mol. The smallest absolute Gasteiger partial charge is 0.149 e. The van der Waals surface area contributed by atoms with Gasteiger partial charge < -0.3 is 14.6 Å². The van der Waals surface area contributed by atoms with Gasteiger partial charge in [-0.05, 0) is 13.3 Å². The van der Waals surface area contributed by atoms with E-state index in [1.807, 2.05) is 0 Å². The zero-order valence-electron chi connectivity index (χ0n) is 8.94. The van der Waals surface area contributed by atoms with Gasteiger partial charge in [0.2, 0.25) is 0 Å². The highest BCUT2D eigenvalue weighted by atomic mass is 16.5. The van der Waals surface area contributed by atoms with E-state index in [1.54, 1.807) is 0 Å². The van der Waals surface area contributed by atoms with Gasteiger partial charge in [0.1, 0.15) is 11.6 Å². The lowest BCUT2D eigenvalue weighted by Crippen LogP contribution is -2.33. The van der Waals surface area contributed by atoms with E-state index >= 15 is 0 Å². The molecule has 5 nitrogen and oxygen atoms in total. The molecule has 0 spiro atoms. The minimum atomic E-state index is 0.322. The van der Waals surface area contributed by atoms with E-state index < -0.39 is 0 Å². The molecule has 2 unspecified atom stereocenters. The third-order valence-electron chi connectivity index (χ3n) is 3.28. The van der Waals surface area contributed by atoms with Crippen LogP contribution < -0.4 is 5.32 Å². The molecule has 1 N–H and O–H groups in total. The summed E-state index contributed by atoms with van der Waals surface area (Å²) in [4.78, 5) is 0. The van der Waals surface area contributed by atoms with E-state index in [2.05, 4.69) is 27.0 Å². The SMILES string of the molecule is CC1NCCn2c(C3CCOC3)nnc21. The van der Waals surface area contributed by atoms with Crippen LogP contribution in [0.25, 0.3) is 0 Å². The first kappa shape index (κ1) is 9.30. The van der Waals surface area contributed by atoms with Crippen molar-refractivity contribution in [3.63, 3.8) is 0 Å². The topological polar surface area (TPSA) is 52.0 Å². The Morgan fingerprint density at radius 3 is 3.07 bits per heavy atom. The van der Waals surface area contributed by atoms with Gasteiger partial charge in [-0.2, -0.15) is 0 Å². The molecule has 82 valence electrons. The minimum absolute atomic E-state index is 0.322. The highest BCUT2D eigenvalue weighted by Gasteiger charge is 2.28. The van der Waals surface area contributed by atoms with E-state index in [-0.39, 0.29) is 0 Å². The second-order valence-corrected chi connectivity index (χ2v) is 4.30. The summed E-state index contributed by atoms with van der Waals surface area (Å²) in [6.07, 6.45) is 1.08. The van der Waals surface area contributed by atoms with Crippen LogP contribution in [0.4, 0.5) is 0 Å². The first-order valence-corrected chi connectivity index (χ1v) is 5.60. The first-order chi connectivity index (χ1) is 7.36. The van der Waals surface area contributed by atoms with Gasteiger partial charge in [0.05, 0.1) is 12.6 Å². The first-order valence-electron chi connectivity index (χ1n) is 5.60. The summed E-state index contributed by atoms with van der Waals surface area (Å²) in [5.41, 5.74) is 0. The van der Waals surface area contributed by atoms with E-state index in [0.29, 0.717) is 12.0 Å². The molecule has 15 heavy (non-hydrogen) atoms. The molecule has 0 radical (unpaired) electrons. The van der Waals surface area contributed by atoms with Crippen molar-refractivity contribution in [3.8, 4) is 0 Å². The van der Waals surface area contributed by atoms with Crippen molar-refractivity contribution in [1.82, 2.24) is 20.1 Å². The predicted octanol–water partition coefficient (Wildman–Crippen LogP) is 0.446. The third-order valence-corrected chi connectivity index (χ3v) is 3.28. The molecule has 2 aliphatic heterocycles.